The number of amides is 1. The Morgan fingerprint density at radius 1 is 1.19 bits per heavy atom. The van der Waals surface area contributed by atoms with Crippen LogP contribution in [-0.2, 0) is 12.8 Å². The molecule has 0 saturated carbocycles. The highest BCUT2D eigenvalue weighted by molar-refractivity contribution is 5.93. The molecule has 5 rings (SSSR count). The fraction of sp³-hybridized carbons (Fsp3) is 0.391. The minimum absolute atomic E-state index is 0.0320. The number of aryl methyl sites for hydroxylation is 1. The molecule has 8 heteroatoms. The van der Waals surface area contributed by atoms with Crippen molar-refractivity contribution in [2.45, 2.75) is 38.2 Å². The third-order valence-electron chi connectivity index (χ3n) is 6.60. The second-order valence-corrected chi connectivity index (χ2v) is 8.46. The van der Waals surface area contributed by atoms with Crippen LogP contribution in [0.25, 0.3) is 0 Å². The minimum Gasteiger partial charge on any atom is -0.509 e. The maximum absolute atomic E-state index is 11.6. The molecule has 162 valence electrons. The Hall–Kier alpha value is -3.10. The van der Waals surface area contributed by atoms with E-state index in [2.05, 4.69) is 15.6 Å². The summed E-state index contributed by atoms with van der Waals surface area (Å²) in [5, 5.41) is 25.8. The maximum atomic E-state index is 11.6. The van der Waals surface area contributed by atoms with Crippen molar-refractivity contribution in [3.8, 4) is 5.75 Å². The van der Waals surface area contributed by atoms with Gasteiger partial charge in [-0.1, -0.05) is 6.07 Å². The van der Waals surface area contributed by atoms with Crippen molar-refractivity contribution in [1.82, 2.24) is 15.8 Å². The molecule has 0 radical (unpaired) electrons. The Labute approximate surface area is 180 Å². The van der Waals surface area contributed by atoms with Crippen LogP contribution in [0.2, 0.25) is 0 Å². The summed E-state index contributed by atoms with van der Waals surface area (Å²) in [6.45, 7) is 1.81. The second-order valence-electron chi connectivity index (χ2n) is 8.46. The summed E-state index contributed by atoms with van der Waals surface area (Å²) in [6.07, 6.45) is 5.95. The van der Waals surface area contributed by atoms with Gasteiger partial charge >= 0.3 is 0 Å². The molecule has 1 aliphatic heterocycles. The lowest BCUT2D eigenvalue weighted by Gasteiger charge is -2.26. The smallest absolute Gasteiger partial charge is 0.274 e. The van der Waals surface area contributed by atoms with Crippen LogP contribution >= 0.6 is 0 Å². The molecule has 1 amide bonds. The summed E-state index contributed by atoms with van der Waals surface area (Å²) in [5.41, 5.74) is 5.09. The molecule has 2 heterocycles. The number of hydrogen-bond donors (Lipinski definition) is 5. The lowest BCUT2D eigenvalue weighted by molar-refractivity contribution is 0.0706. The van der Waals surface area contributed by atoms with Crippen molar-refractivity contribution in [3.63, 3.8) is 0 Å². The first-order valence-corrected chi connectivity index (χ1v) is 10.7. The molecule has 1 spiro atoms. The number of ether oxygens (including phenoxy) is 1. The molecule has 1 saturated heterocycles. The molecule has 8 nitrogen and oxygen atoms in total. The molecule has 1 aromatic carbocycles. The highest BCUT2D eigenvalue weighted by Crippen LogP contribution is 2.56. The quantitative estimate of drug-likeness (QED) is 0.372. The molecule has 1 aromatic heterocycles. The van der Waals surface area contributed by atoms with Gasteiger partial charge in [0.1, 0.15) is 23.4 Å². The number of allylic oxidation sites excluding steroid dienone is 2. The lowest BCUT2D eigenvalue weighted by atomic mass is 9.88. The molecule has 1 atom stereocenters. The Kier molecular flexibility index (Phi) is 5.03. The normalized spacial score (nSPS) is 21.4. The summed E-state index contributed by atoms with van der Waals surface area (Å²) in [4.78, 5) is 16.0. The molecular formula is C23H26N4O4. The van der Waals surface area contributed by atoms with Crippen molar-refractivity contribution in [1.29, 1.82) is 0 Å². The molecular weight excluding hydrogens is 396 g/mol. The van der Waals surface area contributed by atoms with Crippen molar-refractivity contribution in [2.75, 3.05) is 18.4 Å². The first kappa shape index (κ1) is 19.8. The SMILES string of the molecule is O=C(NO)c1ccc2c(c1)CCC(Oc1ccnc(NC3=C(O)C34CCNCC4)c1)C2. The number of aliphatic hydroxyl groups excluding tert-OH is 1. The van der Waals surface area contributed by atoms with Crippen LogP contribution in [0.1, 0.15) is 40.7 Å². The average Bonchev–Trinajstić information content (AvgIpc) is 3.32. The van der Waals surface area contributed by atoms with E-state index in [1.54, 1.807) is 17.7 Å². The first-order valence-electron chi connectivity index (χ1n) is 10.7. The van der Waals surface area contributed by atoms with Gasteiger partial charge in [-0.25, -0.2) is 10.5 Å². The van der Waals surface area contributed by atoms with Gasteiger partial charge in [-0.05, 0) is 68.1 Å². The third kappa shape index (κ3) is 3.73. The molecule has 1 fully saturated rings. The standard InChI is InChI=1S/C23H26N4O4/c28-21-20(23(21)6-9-24-10-7-23)26-19-13-18(5-8-25-19)31-17-4-3-14-11-16(22(29)27-30)2-1-15(14)12-17/h1-2,5,8,11,13,17,24,28,30H,3-4,6-7,9-10,12H2,(H,25,26)(H,27,29). The molecule has 5 N–H and O–H groups in total. The van der Waals surface area contributed by atoms with E-state index in [1.807, 2.05) is 24.3 Å². The maximum Gasteiger partial charge on any atom is 0.274 e. The molecule has 3 aliphatic rings. The predicted molar refractivity (Wildman–Crippen MR) is 114 cm³/mol. The van der Waals surface area contributed by atoms with Gasteiger partial charge < -0.3 is 20.5 Å². The molecule has 0 bridgehead atoms. The molecule has 2 aliphatic carbocycles. The fourth-order valence-electron chi connectivity index (χ4n) is 4.76. The van der Waals surface area contributed by atoms with Crippen LogP contribution in [0.3, 0.4) is 0 Å². The summed E-state index contributed by atoms with van der Waals surface area (Å²) in [6, 6.07) is 9.19. The number of pyridine rings is 1. The van der Waals surface area contributed by atoms with E-state index in [4.69, 9.17) is 9.94 Å². The van der Waals surface area contributed by atoms with Crippen LogP contribution in [0.4, 0.5) is 5.82 Å². The number of carbonyl (C=O) groups excluding carboxylic acids is 1. The fourth-order valence-corrected chi connectivity index (χ4v) is 4.76. The number of piperidine rings is 1. The zero-order valence-corrected chi connectivity index (χ0v) is 17.1. The number of rotatable bonds is 5. The number of anilines is 1. The number of carbonyl (C=O) groups is 1. The van der Waals surface area contributed by atoms with E-state index < -0.39 is 5.91 Å². The van der Waals surface area contributed by atoms with Gasteiger partial charge in [-0.3, -0.25) is 10.0 Å². The minimum atomic E-state index is -0.499. The first-order chi connectivity index (χ1) is 15.1. The summed E-state index contributed by atoms with van der Waals surface area (Å²) < 4.78 is 6.23. The second kappa shape index (κ2) is 7.86. The van der Waals surface area contributed by atoms with Gasteiger partial charge in [0.2, 0.25) is 0 Å². The number of hydrogen-bond acceptors (Lipinski definition) is 7. The summed E-state index contributed by atoms with van der Waals surface area (Å²) in [5.74, 6) is 1.37. The number of aliphatic hydroxyl groups is 1. The topological polar surface area (TPSA) is 116 Å². The predicted octanol–water partition coefficient (Wildman–Crippen LogP) is 2.70. The number of nitrogens with zero attached hydrogens (tertiary/aromatic N) is 1. The Morgan fingerprint density at radius 3 is 2.84 bits per heavy atom. The van der Waals surface area contributed by atoms with E-state index >= 15 is 0 Å². The van der Waals surface area contributed by atoms with Crippen LogP contribution in [0.5, 0.6) is 5.75 Å². The van der Waals surface area contributed by atoms with Gasteiger partial charge in [0.25, 0.3) is 5.91 Å². The Bertz CT molecular complexity index is 1050. The van der Waals surface area contributed by atoms with Crippen molar-refractivity contribution in [2.24, 2.45) is 5.41 Å². The Morgan fingerprint density at radius 2 is 2.03 bits per heavy atom. The summed E-state index contributed by atoms with van der Waals surface area (Å²) >= 11 is 0. The van der Waals surface area contributed by atoms with Crippen LogP contribution in [-0.4, -0.2) is 40.4 Å². The van der Waals surface area contributed by atoms with E-state index in [0.717, 1.165) is 67.8 Å². The molecule has 2 aromatic rings. The number of fused-ring (bicyclic) bond motifs is 1. The van der Waals surface area contributed by atoms with Crippen molar-refractivity contribution in [3.05, 3.63) is 64.7 Å². The van der Waals surface area contributed by atoms with Crippen molar-refractivity contribution >= 4 is 11.7 Å². The number of nitrogens with one attached hydrogen (secondary N) is 3. The summed E-state index contributed by atoms with van der Waals surface area (Å²) in [7, 11) is 0. The number of aromatic nitrogens is 1. The monoisotopic (exact) mass is 422 g/mol. The highest BCUT2D eigenvalue weighted by atomic mass is 16.5. The van der Waals surface area contributed by atoms with Gasteiger partial charge in [-0.15, -0.1) is 0 Å². The Balaban J connectivity index is 1.23. The van der Waals surface area contributed by atoms with Gasteiger partial charge in [0.05, 0.1) is 11.1 Å². The average molecular weight is 422 g/mol. The van der Waals surface area contributed by atoms with Gasteiger partial charge in [-0.2, -0.15) is 0 Å². The zero-order chi connectivity index (χ0) is 21.4. The highest BCUT2D eigenvalue weighted by Gasteiger charge is 2.55. The van der Waals surface area contributed by atoms with Gasteiger partial charge in [0.15, 0.2) is 0 Å². The van der Waals surface area contributed by atoms with E-state index in [1.165, 1.54) is 0 Å². The van der Waals surface area contributed by atoms with E-state index in [0.29, 0.717) is 17.1 Å². The van der Waals surface area contributed by atoms with Crippen molar-refractivity contribution < 1.29 is 19.8 Å². The van der Waals surface area contributed by atoms with E-state index in [9.17, 15) is 9.90 Å². The number of benzene rings is 1. The molecule has 1 unspecified atom stereocenters. The lowest BCUT2D eigenvalue weighted by Crippen LogP contribution is -2.32. The van der Waals surface area contributed by atoms with Crippen LogP contribution in [0.15, 0.2) is 48.0 Å². The van der Waals surface area contributed by atoms with E-state index in [-0.39, 0.29) is 11.5 Å². The zero-order valence-electron chi connectivity index (χ0n) is 17.1. The third-order valence-corrected chi connectivity index (χ3v) is 6.60. The van der Waals surface area contributed by atoms with Crippen LogP contribution < -0.4 is 20.9 Å². The largest absolute Gasteiger partial charge is 0.509 e. The van der Waals surface area contributed by atoms with Gasteiger partial charge in [0, 0.05) is 24.2 Å². The van der Waals surface area contributed by atoms with Crippen LogP contribution in [0, 0.1) is 5.41 Å². The molecule has 31 heavy (non-hydrogen) atoms. The number of hydroxylamine groups is 1.